The van der Waals surface area contributed by atoms with Crippen molar-refractivity contribution in [1.29, 1.82) is 0 Å². The first-order chi connectivity index (χ1) is 11.1. The maximum Gasteiger partial charge on any atom is 0.231 e. The molecule has 4 nitrogen and oxygen atoms in total. The van der Waals surface area contributed by atoms with Crippen molar-refractivity contribution in [3.8, 4) is 0 Å². The largest absolute Gasteiger partial charge is 0.231 e. The Labute approximate surface area is 150 Å². The molecule has 0 radical (unpaired) electrons. The highest BCUT2D eigenvalue weighted by Crippen LogP contribution is 2.28. The van der Waals surface area contributed by atoms with E-state index in [0.29, 0.717) is 0 Å². The van der Waals surface area contributed by atoms with Crippen LogP contribution in [-0.2, 0) is 19.6 Å². The lowest BCUT2D eigenvalue weighted by molar-refractivity contribution is -0.540. The Kier molecular flexibility index (Phi) is 11.4. The summed E-state index contributed by atoms with van der Waals surface area (Å²) in [7, 11) is 0. The van der Waals surface area contributed by atoms with Gasteiger partial charge in [0.2, 0.25) is 5.79 Å². The minimum atomic E-state index is -0.885. The maximum absolute atomic E-state index is 5.71. The van der Waals surface area contributed by atoms with Crippen molar-refractivity contribution < 1.29 is 19.6 Å². The molecule has 0 atom stereocenters. The fourth-order valence-corrected chi connectivity index (χ4v) is 1.84. The quantitative estimate of drug-likeness (QED) is 0.143. The van der Waals surface area contributed by atoms with Crippen LogP contribution in [0.1, 0.15) is 113 Å². The Morgan fingerprint density at radius 2 is 0.958 bits per heavy atom. The molecule has 0 aliphatic heterocycles. The second-order valence-electron chi connectivity index (χ2n) is 8.21. The fourth-order valence-electron chi connectivity index (χ4n) is 1.84. The predicted octanol–water partition coefficient (Wildman–Crippen LogP) is 6.73. The van der Waals surface area contributed by atoms with Gasteiger partial charge < -0.3 is 0 Å². The molecular weight excluding hydrogens is 304 g/mol. The third kappa shape index (κ3) is 11.4. The molecule has 24 heavy (non-hydrogen) atoms. The van der Waals surface area contributed by atoms with Crippen molar-refractivity contribution in [1.82, 2.24) is 0 Å². The summed E-state index contributed by atoms with van der Waals surface area (Å²) in [6.45, 7) is 16.3. The second-order valence-corrected chi connectivity index (χ2v) is 8.21. The van der Waals surface area contributed by atoms with E-state index in [0.717, 1.165) is 25.7 Å². The van der Waals surface area contributed by atoms with E-state index in [2.05, 4.69) is 20.8 Å². The van der Waals surface area contributed by atoms with Gasteiger partial charge in [-0.1, -0.05) is 52.9 Å². The van der Waals surface area contributed by atoms with Crippen LogP contribution < -0.4 is 0 Å². The van der Waals surface area contributed by atoms with Gasteiger partial charge in [-0.15, -0.1) is 0 Å². The Morgan fingerprint density at radius 1 is 0.542 bits per heavy atom. The summed E-state index contributed by atoms with van der Waals surface area (Å²) in [6.07, 6.45) is 9.82. The predicted molar refractivity (Wildman–Crippen MR) is 99.5 cm³/mol. The lowest BCUT2D eigenvalue weighted by Crippen LogP contribution is -2.39. The van der Waals surface area contributed by atoms with Crippen molar-refractivity contribution >= 4 is 0 Å². The van der Waals surface area contributed by atoms with E-state index in [1.165, 1.54) is 32.1 Å². The van der Waals surface area contributed by atoms with E-state index in [-0.39, 0.29) is 11.2 Å². The van der Waals surface area contributed by atoms with Gasteiger partial charge in [0.05, 0.1) is 11.2 Å². The van der Waals surface area contributed by atoms with Gasteiger partial charge in [-0.2, -0.15) is 9.78 Å². The molecule has 0 rings (SSSR count). The third-order valence-corrected chi connectivity index (χ3v) is 4.57. The maximum atomic E-state index is 5.71. The van der Waals surface area contributed by atoms with Gasteiger partial charge in [-0.05, 0) is 53.9 Å². The topological polar surface area (TPSA) is 36.9 Å². The Balaban J connectivity index is 4.51. The Morgan fingerprint density at radius 3 is 1.38 bits per heavy atom. The zero-order valence-corrected chi connectivity index (χ0v) is 17.5. The number of unbranched alkanes of at least 4 members (excludes halogenated alkanes) is 5. The van der Waals surface area contributed by atoms with Crippen molar-refractivity contribution in [3.05, 3.63) is 0 Å². The SMILES string of the molecule is CCCCCCCCC(C)(OOC(C)(C)CC)OOC(C)(C)CC. The first-order valence-corrected chi connectivity index (χ1v) is 9.83. The van der Waals surface area contributed by atoms with Crippen LogP contribution in [0.5, 0.6) is 0 Å². The van der Waals surface area contributed by atoms with Crippen LogP contribution in [-0.4, -0.2) is 17.0 Å². The van der Waals surface area contributed by atoms with Gasteiger partial charge in [0.15, 0.2) is 0 Å². The molecular formula is C20H42O4. The van der Waals surface area contributed by atoms with Gasteiger partial charge in [0.1, 0.15) is 0 Å². The van der Waals surface area contributed by atoms with Crippen LogP contribution in [0.4, 0.5) is 0 Å². The van der Waals surface area contributed by atoms with Gasteiger partial charge >= 0.3 is 0 Å². The summed E-state index contributed by atoms with van der Waals surface area (Å²) in [5.74, 6) is -0.885. The second kappa shape index (κ2) is 11.5. The average molecular weight is 347 g/mol. The smallest absolute Gasteiger partial charge is 0.228 e. The molecule has 146 valence electrons. The number of hydrogen-bond acceptors (Lipinski definition) is 4. The zero-order valence-electron chi connectivity index (χ0n) is 17.5. The lowest BCUT2D eigenvalue weighted by Gasteiger charge is -2.34. The Bertz CT molecular complexity index is 293. The molecule has 0 heterocycles. The standard InChI is InChI=1S/C20H42O4/c1-9-12-13-14-15-16-17-20(8,23-21-18(4,5)10-2)24-22-19(6,7)11-3/h9-17H2,1-8H3. The molecule has 0 bridgehead atoms. The molecule has 0 aromatic carbocycles. The lowest BCUT2D eigenvalue weighted by atomic mass is 10.1. The van der Waals surface area contributed by atoms with E-state index < -0.39 is 5.79 Å². The van der Waals surface area contributed by atoms with Gasteiger partial charge in [0.25, 0.3) is 0 Å². The van der Waals surface area contributed by atoms with Gasteiger partial charge in [0, 0.05) is 6.42 Å². The minimum absolute atomic E-state index is 0.341. The summed E-state index contributed by atoms with van der Waals surface area (Å²) < 4.78 is 0. The summed E-state index contributed by atoms with van der Waals surface area (Å²) in [6, 6.07) is 0. The molecule has 4 heteroatoms. The molecule has 0 aliphatic carbocycles. The van der Waals surface area contributed by atoms with E-state index in [1.54, 1.807) is 0 Å². The van der Waals surface area contributed by atoms with Crippen molar-refractivity contribution in [3.63, 3.8) is 0 Å². The number of rotatable bonds is 15. The fraction of sp³-hybridized carbons (Fsp3) is 1.00. The van der Waals surface area contributed by atoms with Crippen LogP contribution in [0.3, 0.4) is 0 Å². The van der Waals surface area contributed by atoms with Crippen molar-refractivity contribution in [2.45, 2.75) is 130 Å². The molecule has 0 saturated carbocycles. The van der Waals surface area contributed by atoms with Gasteiger partial charge in [-0.25, -0.2) is 9.78 Å². The molecule has 0 N–H and O–H groups in total. The van der Waals surface area contributed by atoms with Crippen molar-refractivity contribution in [2.75, 3.05) is 0 Å². The molecule has 0 amide bonds. The summed E-state index contributed by atoms with van der Waals surface area (Å²) in [4.78, 5) is 22.7. The molecule has 0 aromatic rings. The van der Waals surface area contributed by atoms with Crippen LogP contribution in [0.15, 0.2) is 0 Å². The third-order valence-electron chi connectivity index (χ3n) is 4.57. The highest BCUT2D eigenvalue weighted by Gasteiger charge is 2.34. The van der Waals surface area contributed by atoms with E-state index >= 15 is 0 Å². The zero-order chi connectivity index (χ0) is 18.7. The molecule has 0 saturated heterocycles. The van der Waals surface area contributed by atoms with E-state index in [9.17, 15) is 0 Å². The number of hydrogen-bond donors (Lipinski definition) is 0. The summed E-state index contributed by atoms with van der Waals surface area (Å²) in [5, 5.41) is 0. The molecule has 0 aliphatic rings. The molecule has 0 spiro atoms. The normalized spacial score (nSPS) is 13.5. The average Bonchev–Trinajstić information content (AvgIpc) is 2.55. The Hall–Kier alpha value is -0.160. The highest BCUT2D eigenvalue weighted by atomic mass is 17.3. The van der Waals surface area contributed by atoms with Crippen LogP contribution in [0.2, 0.25) is 0 Å². The first-order valence-electron chi connectivity index (χ1n) is 9.83. The minimum Gasteiger partial charge on any atom is -0.228 e. The molecule has 0 unspecified atom stereocenters. The molecule has 0 fully saturated rings. The van der Waals surface area contributed by atoms with E-state index in [4.69, 9.17) is 19.6 Å². The van der Waals surface area contributed by atoms with Crippen molar-refractivity contribution in [2.24, 2.45) is 0 Å². The monoisotopic (exact) mass is 346 g/mol. The highest BCUT2D eigenvalue weighted by molar-refractivity contribution is 4.67. The van der Waals surface area contributed by atoms with Crippen LogP contribution >= 0.6 is 0 Å². The van der Waals surface area contributed by atoms with Gasteiger partial charge in [-0.3, -0.25) is 0 Å². The first kappa shape index (κ1) is 23.8. The summed E-state index contributed by atoms with van der Waals surface area (Å²) >= 11 is 0. The van der Waals surface area contributed by atoms with E-state index in [1.807, 2.05) is 34.6 Å². The molecule has 0 aromatic heterocycles. The van der Waals surface area contributed by atoms with Crippen LogP contribution in [0.25, 0.3) is 0 Å². The summed E-state index contributed by atoms with van der Waals surface area (Å²) in [5.41, 5.74) is -0.682. The van der Waals surface area contributed by atoms with Crippen LogP contribution in [0, 0.1) is 0 Å².